The molecule has 1 fully saturated rings. The summed E-state index contributed by atoms with van der Waals surface area (Å²) < 4.78 is 26.9. The minimum atomic E-state index is -3.61. The average molecular weight is 367 g/mol. The highest BCUT2D eigenvalue weighted by atomic mass is 32.2. The van der Waals surface area contributed by atoms with Crippen molar-refractivity contribution < 1.29 is 18.0 Å². The van der Waals surface area contributed by atoms with Gasteiger partial charge >= 0.3 is 0 Å². The van der Waals surface area contributed by atoms with Crippen LogP contribution in [0.25, 0.3) is 0 Å². The first-order chi connectivity index (χ1) is 11.8. The van der Waals surface area contributed by atoms with Gasteiger partial charge in [-0.05, 0) is 24.1 Å². The van der Waals surface area contributed by atoms with E-state index in [1.807, 2.05) is 6.92 Å². The van der Waals surface area contributed by atoms with E-state index < -0.39 is 10.0 Å². The summed E-state index contributed by atoms with van der Waals surface area (Å²) in [6.07, 6.45) is 0.950. The van der Waals surface area contributed by atoms with Crippen molar-refractivity contribution in [1.29, 1.82) is 0 Å². The molecule has 0 spiro atoms. The molecule has 1 aliphatic heterocycles. The van der Waals surface area contributed by atoms with Crippen LogP contribution in [0.15, 0.2) is 29.2 Å². The third-order valence-corrected chi connectivity index (χ3v) is 5.83. The van der Waals surface area contributed by atoms with Crippen molar-refractivity contribution in [2.24, 2.45) is 0 Å². The lowest BCUT2D eigenvalue weighted by molar-refractivity contribution is -0.138. The summed E-state index contributed by atoms with van der Waals surface area (Å²) >= 11 is 0. The number of carbonyl (C=O) groups is 2. The van der Waals surface area contributed by atoms with E-state index >= 15 is 0 Å². The maximum absolute atomic E-state index is 12.2. The van der Waals surface area contributed by atoms with Crippen LogP contribution in [0.5, 0.6) is 0 Å². The van der Waals surface area contributed by atoms with Crippen LogP contribution in [0.4, 0.5) is 0 Å². The zero-order valence-corrected chi connectivity index (χ0v) is 15.5. The quantitative estimate of drug-likeness (QED) is 0.798. The molecule has 1 N–H and O–H groups in total. The van der Waals surface area contributed by atoms with Gasteiger partial charge in [-0.1, -0.05) is 19.1 Å². The molecule has 1 aliphatic rings. The molecule has 0 radical (unpaired) electrons. The van der Waals surface area contributed by atoms with Gasteiger partial charge in [0.1, 0.15) is 0 Å². The van der Waals surface area contributed by atoms with Gasteiger partial charge in [-0.25, -0.2) is 13.1 Å². The Hall–Kier alpha value is -1.93. The second-order valence-electron chi connectivity index (χ2n) is 6.03. The Bertz CT molecular complexity index is 708. The largest absolute Gasteiger partial charge is 0.339 e. The fraction of sp³-hybridized carbons (Fsp3) is 0.529. The Kier molecular flexibility index (Phi) is 6.55. The first-order valence-electron chi connectivity index (χ1n) is 8.45. The summed E-state index contributed by atoms with van der Waals surface area (Å²) in [7, 11) is -3.61. The molecular formula is C17H25N3O4S. The molecule has 25 heavy (non-hydrogen) atoms. The highest BCUT2D eigenvalue weighted by molar-refractivity contribution is 7.89. The number of piperazine rings is 1. The molecule has 0 saturated carbocycles. The van der Waals surface area contributed by atoms with Crippen LogP contribution in [0.1, 0.15) is 25.8 Å². The van der Waals surface area contributed by atoms with Crippen LogP contribution in [-0.4, -0.2) is 62.8 Å². The third-order valence-electron chi connectivity index (χ3n) is 4.35. The van der Waals surface area contributed by atoms with Crippen molar-refractivity contribution >= 4 is 21.8 Å². The molecule has 1 heterocycles. The number of benzene rings is 1. The molecular weight excluding hydrogens is 342 g/mol. The summed E-state index contributed by atoms with van der Waals surface area (Å²) in [5.41, 5.74) is 1.07. The fourth-order valence-electron chi connectivity index (χ4n) is 2.71. The van der Waals surface area contributed by atoms with Crippen molar-refractivity contribution in [3.8, 4) is 0 Å². The van der Waals surface area contributed by atoms with Crippen LogP contribution in [0.2, 0.25) is 0 Å². The predicted octanol–water partition coefficient (Wildman–Crippen LogP) is 0.608. The molecule has 0 bridgehead atoms. The molecule has 1 aromatic rings. The second-order valence-corrected chi connectivity index (χ2v) is 7.80. The van der Waals surface area contributed by atoms with Gasteiger partial charge in [-0.2, -0.15) is 0 Å². The van der Waals surface area contributed by atoms with Crippen molar-refractivity contribution in [2.45, 2.75) is 31.6 Å². The van der Waals surface area contributed by atoms with E-state index in [4.69, 9.17) is 0 Å². The molecule has 0 atom stereocenters. The molecule has 2 rings (SSSR count). The number of hydrogen-bond acceptors (Lipinski definition) is 4. The van der Waals surface area contributed by atoms with E-state index in [0.29, 0.717) is 26.2 Å². The summed E-state index contributed by atoms with van der Waals surface area (Å²) in [6.45, 7) is 5.60. The Labute approximate surface area is 149 Å². The van der Waals surface area contributed by atoms with Crippen molar-refractivity contribution in [3.05, 3.63) is 29.8 Å². The SMILES string of the molecule is CCc1ccc(S(=O)(=O)NCCC(=O)N2CCN(C(C)=O)CC2)cc1. The van der Waals surface area contributed by atoms with Crippen LogP contribution in [0, 0.1) is 0 Å². The molecule has 1 saturated heterocycles. The molecule has 0 aromatic heterocycles. The molecule has 7 nitrogen and oxygen atoms in total. The fourth-order valence-corrected chi connectivity index (χ4v) is 3.74. The lowest BCUT2D eigenvalue weighted by Crippen LogP contribution is -2.50. The Morgan fingerprint density at radius 2 is 1.60 bits per heavy atom. The van der Waals surface area contributed by atoms with Gasteiger partial charge in [-0.3, -0.25) is 9.59 Å². The zero-order valence-electron chi connectivity index (χ0n) is 14.7. The first kappa shape index (κ1) is 19.4. The molecule has 1 aromatic carbocycles. The van der Waals surface area contributed by atoms with Gasteiger partial charge in [-0.15, -0.1) is 0 Å². The van der Waals surface area contributed by atoms with Crippen LogP contribution in [-0.2, 0) is 26.0 Å². The van der Waals surface area contributed by atoms with Crippen molar-refractivity contribution in [2.75, 3.05) is 32.7 Å². The number of amides is 2. The Morgan fingerprint density at radius 1 is 1.04 bits per heavy atom. The second kappa shape index (κ2) is 8.44. The van der Waals surface area contributed by atoms with Gasteiger partial charge in [0.05, 0.1) is 4.90 Å². The number of rotatable bonds is 6. The van der Waals surface area contributed by atoms with E-state index in [9.17, 15) is 18.0 Å². The van der Waals surface area contributed by atoms with E-state index in [-0.39, 0.29) is 29.7 Å². The Morgan fingerprint density at radius 3 is 2.12 bits per heavy atom. The van der Waals surface area contributed by atoms with Crippen molar-refractivity contribution in [3.63, 3.8) is 0 Å². The Balaban J connectivity index is 1.81. The van der Waals surface area contributed by atoms with Gasteiger partial charge in [0.25, 0.3) is 0 Å². The van der Waals surface area contributed by atoms with Crippen LogP contribution >= 0.6 is 0 Å². The van der Waals surface area contributed by atoms with Crippen LogP contribution < -0.4 is 4.72 Å². The van der Waals surface area contributed by atoms with Gasteiger partial charge in [0.15, 0.2) is 0 Å². The highest BCUT2D eigenvalue weighted by Crippen LogP contribution is 2.11. The number of aryl methyl sites for hydroxylation is 1. The van der Waals surface area contributed by atoms with Crippen molar-refractivity contribution in [1.82, 2.24) is 14.5 Å². The summed E-state index contributed by atoms with van der Waals surface area (Å²) in [6, 6.07) is 6.72. The topological polar surface area (TPSA) is 86.8 Å². The summed E-state index contributed by atoms with van der Waals surface area (Å²) in [4.78, 5) is 27.0. The van der Waals surface area contributed by atoms with Crippen LogP contribution in [0.3, 0.4) is 0 Å². The monoisotopic (exact) mass is 367 g/mol. The smallest absolute Gasteiger partial charge is 0.240 e. The maximum Gasteiger partial charge on any atom is 0.240 e. The minimum Gasteiger partial charge on any atom is -0.339 e. The van der Waals surface area contributed by atoms with Gasteiger partial charge in [0.2, 0.25) is 21.8 Å². The van der Waals surface area contributed by atoms with E-state index in [2.05, 4.69) is 4.72 Å². The molecule has 0 aliphatic carbocycles. The van der Waals surface area contributed by atoms with Gasteiger partial charge in [0, 0.05) is 46.1 Å². The number of sulfonamides is 1. The lowest BCUT2D eigenvalue weighted by atomic mass is 10.2. The molecule has 8 heteroatoms. The highest BCUT2D eigenvalue weighted by Gasteiger charge is 2.22. The number of nitrogens with zero attached hydrogens (tertiary/aromatic N) is 2. The first-order valence-corrected chi connectivity index (χ1v) is 9.93. The standard InChI is InChI=1S/C17H25N3O4S/c1-3-15-4-6-16(7-5-15)25(23,24)18-9-8-17(22)20-12-10-19(11-13-20)14(2)21/h4-7,18H,3,8-13H2,1-2H3. The van der Waals surface area contributed by atoms with E-state index in [1.165, 1.54) is 6.92 Å². The zero-order chi connectivity index (χ0) is 18.4. The normalized spacial score (nSPS) is 15.3. The summed E-state index contributed by atoms with van der Waals surface area (Å²) in [5.74, 6) is -0.0961. The van der Waals surface area contributed by atoms with Gasteiger partial charge < -0.3 is 9.80 Å². The lowest BCUT2D eigenvalue weighted by Gasteiger charge is -2.34. The molecule has 0 unspecified atom stereocenters. The number of hydrogen-bond donors (Lipinski definition) is 1. The van der Waals surface area contributed by atoms with E-state index in [0.717, 1.165) is 12.0 Å². The number of nitrogens with one attached hydrogen (secondary N) is 1. The third kappa shape index (κ3) is 5.27. The average Bonchev–Trinajstić information content (AvgIpc) is 2.61. The molecule has 2 amide bonds. The predicted molar refractivity (Wildman–Crippen MR) is 94.5 cm³/mol. The van der Waals surface area contributed by atoms with E-state index in [1.54, 1.807) is 34.1 Å². The molecule has 138 valence electrons. The summed E-state index contributed by atoms with van der Waals surface area (Å²) in [5, 5.41) is 0. The number of carbonyl (C=O) groups excluding carboxylic acids is 2. The minimum absolute atomic E-state index is 0.00829. The maximum atomic E-state index is 12.2.